The minimum absolute atomic E-state index is 0.397. The van der Waals surface area contributed by atoms with E-state index in [-0.39, 0.29) is 0 Å². The van der Waals surface area contributed by atoms with Crippen molar-refractivity contribution >= 4 is 40.7 Å². The molecule has 0 saturated carbocycles. The van der Waals surface area contributed by atoms with E-state index in [9.17, 15) is 32.3 Å². The Morgan fingerprint density at radius 1 is 1.06 bits per heavy atom. The molecule has 3 N–H and O–H groups in total. The summed E-state index contributed by atoms with van der Waals surface area (Å²) in [6, 6.07) is 3.66. The van der Waals surface area contributed by atoms with Crippen molar-refractivity contribution < 1.29 is 37.1 Å². The zero-order chi connectivity index (χ0) is 23.1. The first-order valence-electron chi connectivity index (χ1n) is 8.86. The molecule has 2 unspecified atom stereocenters. The smallest absolute Gasteiger partial charge is 0.329 e. The van der Waals surface area contributed by atoms with Gasteiger partial charge in [-0.1, -0.05) is 6.07 Å². The molecule has 0 bridgehead atoms. The van der Waals surface area contributed by atoms with Crippen molar-refractivity contribution in [1.29, 1.82) is 0 Å². The normalized spacial score (nSPS) is 12.4. The van der Waals surface area contributed by atoms with E-state index in [1.54, 1.807) is 17.5 Å². The lowest BCUT2D eigenvalue weighted by Gasteiger charge is -2.17. The summed E-state index contributed by atoms with van der Waals surface area (Å²) >= 11 is 1.19. The molecular formula is C19H18F3N3O5S. The van der Waals surface area contributed by atoms with E-state index in [1.807, 2.05) is 5.32 Å². The molecule has 2 rings (SSSR count). The highest BCUT2D eigenvalue weighted by atomic mass is 32.1. The summed E-state index contributed by atoms with van der Waals surface area (Å²) in [5, 5.41) is 8.25. The van der Waals surface area contributed by atoms with E-state index in [2.05, 4.69) is 10.6 Å². The van der Waals surface area contributed by atoms with Crippen LogP contribution in [-0.4, -0.2) is 42.4 Å². The summed E-state index contributed by atoms with van der Waals surface area (Å²) in [5.74, 6) is -7.86. The third-order valence-electron chi connectivity index (χ3n) is 3.84. The standard InChI is InChI=1S/C19H18F3N3O5S/c1-9(24-18(28)13-4-3-7-31-13)19(29)30-10(2)17(27)23-8-14(26)25-12-6-5-11(20)15(21)16(12)22/h3-7,9-10H,8H2,1-2H3,(H,23,27)(H,24,28)(H,25,26). The van der Waals surface area contributed by atoms with Crippen LogP contribution in [0.3, 0.4) is 0 Å². The Bertz CT molecular complexity index is 984. The monoisotopic (exact) mass is 457 g/mol. The quantitative estimate of drug-likeness (QED) is 0.414. The fraction of sp³-hybridized carbons (Fsp3) is 0.263. The average Bonchev–Trinajstić information content (AvgIpc) is 3.27. The minimum Gasteiger partial charge on any atom is -0.451 e. The number of carbonyl (C=O) groups is 4. The second-order valence-corrected chi connectivity index (χ2v) is 7.19. The van der Waals surface area contributed by atoms with Crippen LogP contribution in [0, 0.1) is 17.5 Å². The molecule has 0 saturated heterocycles. The molecular weight excluding hydrogens is 439 g/mol. The number of halogens is 3. The Kier molecular flexibility index (Phi) is 8.14. The first kappa shape index (κ1) is 23.9. The van der Waals surface area contributed by atoms with E-state index < -0.39 is 65.5 Å². The van der Waals surface area contributed by atoms with Crippen LogP contribution in [-0.2, 0) is 19.1 Å². The molecule has 8 nitrogen and oxygen atoms in total. The summed E-state index contributed by atoms with van der Waals surface area (Å²) < 4.78 is 44.5. The fourth-order valence-corrected chi connectivity index (χ4v) is 2.82. The molecule has 2 atom stereocenters. The fourth-order valence-electron chi connectivity index (χ4n) is 2.19. The van der Waals surface area contributed by atoms with E-state index >= 15 is 0 Å². The molecule has 1 heterocycles. The number of ether oxygens (including phenoxy) is 1. The Morgan fingerprint density at radius 2 is 1.77 bits per heavy atom. The summed E-state index contributed by atoms with van der Waals surface area (Å²) in [7, 11) is 0. The highest BCUT2D eigenvalue weighted by molar-refractivity contribution is 7.12. The summed E-state index contributed by atoms with van der Waals surface area (Å²) in [6.07, 6.45) is -1.30. The number of hydrogen-bond donors (Lipinski definition) is 3. The number of thiophene rings is 1. The third-order valence-corrected chi connectivity index (χ3v) is 4.71. The summed E-state index contributed by atoms with van der Waals surface area (Å²) in [5.41, 5.74) is -0.604. The van der Waals surface area contributed by atoms with Crippen molar-refractivity contribution in [1.82, 2.24) is 10.6 Å². The molecule has 1 aromatic heterocycles. The van der Waals surface area contributed by atoms with Gasteiger partial charge in [-0.05, 0) is 37.4 Å². The number of esters is 1. The molecule has 166 valence electrons. The van der Waals surface area contributed by atoms with Gasteiger partial charge in [0.25, 0.3) is 11.8 Å². The molecule has 0 aliphatic rings. The van der Waals surface area contributed by atoms with Gasteiger partial charge in [0.05, 0.1) is 17.1 Å². The van der Waals surface area contributed by atoms with Crippen LogP contribution in [0.15, 0.2) is 29.6 Å². The molecule has 0 aliphatic carbocycles. The van der Waals surface area contributed by atoms with Gasteiger partial charge >= 0.3 is 5.97 Å². The zero-order valence-electron chi connectivity index (χ0n) is 16.3. The first-order chi connectivity index (χ1) is 14.6. The Balaban J connectivity index is 1.79. The SMILES string of the molecule is CC(NC(=O)c1cccs1)C(=O)OC(C)C(=O)NCC(=O)Nc1ccc(F)c(F)c1F. The topological polar surface area (TPSA) is 114 Å². The largest absolute Gasteiger partial charge is 0.451 e. The Hall–Kier alpha value is -3.41. The maximum atomic E-state index is 13.5. The highest BCUT2D eigenvalue weighted by Gasteiger charge is 2.24. The predicted molar refractivity (Wildman–Crippen MR) is 105 cm³/mol. The number of carbonyl (C=O) groups excluding carboxylic acids is 4. The zero-order valence-corrected chi connectivity index (χ0v) is 17.1. The summed E-state index contributed by atoms with van der Waals surface area (Å²) in [6.45, 7) is 1.97. The predicted octanol–water partition coefficient (Wildman–Crippen LogP) is 1.97. The van der Waals surface area contributed by atoms with Gasteiger partial charge in [0, 0.05) is 0 Å². The molecule has 3 amide bonds. The van der Waals surface area contributed by atoms with Crippen LogP contribution >= 0.6 is 11.3 Å². The molecule has 31 heavy (non-hydrogen) atoms. The lowest BCUT2D eigenvalue weighted by atomic mass is 10.2. The van der Waals surface area contributed by atoms with Crippen LogP contribution in [0.1, 0.15) is 23.5 Å². The number of anilines is 1. The van der Waals surface area contributed by atoms with Crippen LogP contribution < -0.4 is 16.0 Å². The van der Waals surface area contributed by atoms with Gasteiger partial charge in [-0.3, -0.25) is 14.4 Å². The molecule has 2 aromatic rings. The Morgan fingerprint density at radius 3 is 2.42 bits per heavy atom. The lowest BCUT2D eigenvalue weighted by Crippen LogP contribution is -2.44. The molecule has 0 fully saturated rings. The van der Waals surface area contributed by atoms with Crippen LogP contribution in [0.25, 0.3) is 0 Å². The number of hydrogen-bond acceptors (Lipinski definition) is 6. The van der Waals surface area contributed by atoms with Gasteiger partial charge in [-0.25, -0.2) is 18.0 Å². The second-order valence-electron chi connectivity index (χ2n) is 6.24. The van der Waals surface area contributed by atoms with Gasteiger partial charge in [-0.15, -0.1) is 11.3 Å². The van der Waals surface area contributed by atoms with Crippen molar-refractivity contribution in [2.24, 2.45) is 0 Å². The van der Waals surface area contributed by atoms with E-state index in [0.29, 0.717) is 10.9 Å². The van der Waals surface area contributed by atoms with Crippen LogP contribution in [0.2, 0.25) is 0 Å². The molecule has 0 aliphatic heterocycles. The number of nitrogens with one attached hydrogen (secondary N) is 3. The van der Waals surface area contributed by atoms with E-state index in [0.717, 1.165) is 6.07 Å². The summed E-state index contributed by atoms with van der Waals surface area (Å²) in [4.78, 5) is 48.1. The van der Waals surface area contributed by atoms with Gasteiger partial charge in [-0.2, -0.15) is 0 Å². The van der Waals surface area contributed by atoms with Crippen molar-refractivity contribution in [3.05, 3.63) is 52.0 Å². The van der Waals surface area contributed by atoms with Crippen LogP contribution in [0.4, 0.5) is 18.9 Å². The maximum absolute atomic E-state index is 13.5. The lowest BCUT2D eigenvalue weighted by molar-refractivity contribution is -0.156. The van der Waals surface area contributed by atoms with Crippen LogP contribution in [0.5, 0.6) is 0 Å². The Labute approximate surface area is 178 Å². The molecule has 0 radical (unpaired) electrons. The number of benzene rings is 1. The van der Waals surface area contributed by atoms with Crippen molar-refractivity contribution in [2.75, 3.05) is 11.9 Å². The first-order valence-corrected chi connectivity index (χ1v) is 9.74. The second kappa shape index (κ2) is 10.6. The number of amides is 3. The van der Waals surface area contributed by atoms with Gasteiger partial charge in [0.1, 0.15) is 6.04 Å². The van der Waals surface area contributed by atoms with Crippen molar-refractivity contribution in [3.63, 3.8) is 0 Å². The van der Waals surface area contributed by atoms with Gasteiger partial charge < -0.3 is 20.7 Å². The minimum atomic E-state index is -1.75. The average molecular weight is 457 g/mol. The molecule has 1 aromatic carbocycles. The molecule has 0 spiro atoms. The van der Waals surface area contributed by atoms with Crippen molar-refractivity contribution in [3.8, 4) is 0 Å². The van der Waals surface area contributed by atoms with E-state index in [4.69, 9.17) is 4.74 Å². The maximum Gasteiger partial charge on any atom is 0.329 e. The van der Waals surface area contributed by atoms with Gasteiger partial charge in [0.15, 0.2) is 23.6 Å². The molecule has 12 heteroatoms. The number of rotatable bonds is 8. The van der Waals surface area contributed by atoms with Crippen molar-refractivity contribution in [2.45, 2.75) is 26.0 Å². The van der Waals surface area contributed by atoms with Gasteiger partial charge in [0.2, 0.25) is 5.91 Å². The third kappa shape index (κ3) is 6.54. The van der Waals surface area contributed by atoms with E-state index in [1.165, 1.54) is 25.2 Å². The highest BCUT2D eigenvalue weighted by Crippen LogP contribution is 2.19.